The van der Waals surface area contributed by atoms with Crippen molar-refractivity contribution in [1.82, 2.24) is 5.32 Å². The number of hydrogen-bond donors (Lipinski definition) is 4. The Morgan fingerprint density at radius 2 is 1.54 bits per heavy atom. The van der Waals surface area contributed by atoms with E-state index >= 15 is 0 Å². The Bertz CT molecular complexity index is 1410. The first-order chi connectivity index (χ1) is 19.6. The molecule has 1 atom stereocenters. The molecule has 8 nitrogen and oxygen atoms in total. The molecule has 3 rings (SSSR count). The lowest BCUT2D eigenvalue weighted by Gasteiger charge is -2.14. The average Bonchev–Trinajstić information content (AvgIpc) is 2.95. The number of aliphatic hydroxyl groups excluding tert-OH is 1. The van der Waals surface area contributed by atoms with Crippen LogP contribution >= 0.6 is 0 Å². The Kier molecular flexibility index (Phi) is 11.0. The topological polar surface area (TPSA) is 131 Å². The van der Waals surface area contributed by atoms with Crippen molar-refractivity contribution in [2.24, 2.45) is 5.73 Å². The van der Waals surface area contributed by atoms with Gasteiger partial charge in [0.25, 0.3) is 5.91 Å². The molecule has 11 heteroatoms. The van der Waals surface area contributed by atoms with E-state index in [4.69, 9.17) is 10.8 Å². The molecule has 3 aromatic carbocycles. The van der Waals surface area contributed by atoms with Gasteiger partial charge in [-0.25, -0.2) is 0 Å². The summed E-state index contributed by atoms with van der Waals surface area (Å²) in [5.41, 5.74) is 8.01. The zero-order chi connectivity index (χ0) is 29.8. The first kappa shape index (κ1) is 30.9. The van der Waals surface area contributed by atoms with Gasteiger partial charge in [-0.05, 0) is 73.0 Å². The van der Waals surface area contributed by atoms with E-state index < -0.39 is 30.7 Å². The summed E-state index contributed by atoms with van der Waals surface area (Å²) < 4.78 is 41.7. The normalized spacial score (nSPS) is 11.5. The predicted molar refractivity (Wildman–Crippen MR) is 146 cm³/mol. The van der Waals surface area contributed by atoms with Crippen LogP contribution in [0.15, 0.2) is 72.8 Å². The molecule has 214 valence electrons. The van der Waals surface area contributed by atoms with E-state index in [0.29, 0.717) is 34.4 Å². The molecule has 2 amide bonds. The predicted octanol–water partition coefficient (Wildman–Crippen LogP) is 3.56. The second kappa shape index (κ2) is 14.6. The standard InChI is InChI=1S/C30H28F3N3O5/c31-30(32,33)41-27-6-2-1-4-22(27)5-3-7-28(39)35-24-16-12-21(13-17-24)9-8-20-10-14-23(15-11-20)29(40)36-25(18-34)26(38)19-37/h1-2,4,6,10-17,25,37H,3,5,7,18-19,34H2,(H,35,39)(H,36,40)/t25-/m0/s1. The fourth-order valence-corrected chi connectivity index (χ4v) is 3.71. The molecule has 3 aromatic rings. The number of ether oxygens (including phenoxy) is 1. The highest BCUT2D eigenvalue weighted by Gasteiger charge is 2.31. The van der Waals surface area contributed by atoms with E-state index in [1.807, 2.05) is 0 Å². The number of benzene rings is 3. The van der Waals surface area contributed by atoms with Crippen molar-refractivity contribution in [2.45, 2.75) is 31.7 Å². The Morgan fingerprint density at radius 3 is 2.12 bits per heavy atom. The molecular weight excluding hydrogens is 539 g/mol. The van der Waals surface area contributed by atoms with Crippen LogP contribution in [0.1, 0.15) is 39.9 Å². The minimum Gasteiger partial charge on any atom is -0.406 e. The van der Waals surface area contributed by atoms with Gasteiger partial charge in [-0.1, -0.05) is 30.0 Å². The summed E-state index contributed by atoms with van der Waals surface area (Å²) in [4.78, 5) is 36.2. The molecule has 0 heterocycles. The molecule has 0 aliphatic carbocycles. The van der Waals surface area contributed by atoms with Gasteiger partial charge < -0.3 is 26.2 Å². The minimum atomic E-state index is -4.79. The second-order valence-electron chi connectivity index (χ2n) is 8.85. The van der Waals surface area contributed by atoms with Gasteiger partial charge in [0.2, 0.25) is 5.91 Å². The van der Waals surface area contributed by atoms with Crippen LogP contribution < -0.4 is 21.1 Å². The number of alkyl halides is 3. The number of ketones is 1. The van der Waals surface area contributed by atoms with Gasteiger partial charge in [-0.15, -0.1) is 13.2 Å². The van der Waals surface area contributed by atoms with E-state index in [9.17, 15) is 27.6 Å². The molecule has 0 radical (unpaired) electrons. The average molecular weight is 568 g/mol. The van der Waals surface area contributed by atoms with E-state index in [-0.39, 0.29) is 31.0 Å². The van der Waals surface area contributed by atoms with Gasteiger partial charge in [0, 0.05) is 35.3 Å². The van der Waals surface area contributed by atoms with Crippen molar-refractivity contribution in [3.8, 4) is 17.6 Å². The maximum atomic E-state index is 12.6. The van der Waals surface area contributed by atoms with E-state index in [1.54, 1.807) is 54.6 Å². The van der Waals surface area contributed by atoms with Crippen LogP contribution in [0, 0.1) is 11.8 Å². The number of carbonyl (C=O) groups excluding carboxylic acids is 3. The summed E-state index contributed by atoms with van der Waals surface area (Å²) in [7, 11) is 0. The van der Waals surface area contributed by atoms with Gasteiger partial charge in [-0.2, -0.15) is 0 Å². The highest BCUT2D eigenvalue weighted by atomic mass is 19.4. The molecule has 0 spiro atoms. The van der Waals surface area contributed by atoms with Crippen LogP contribution in [-0.4, -0.2) is 48.3 Å². The number of Topliss-reactive ketones (excluding diaryl/α,β-unsaturated/α-hetero) is 1. The zero-order valence-electron chi connectivity index (χ0n) is 21.8. The molecule has 5 N–H and O–H groups in total. The molecule has 0 aliphatic rings. The third-order valence-corrected chi connectivity index (χ3v) is 5.80. The number of anilines is 1. The smallest absolute Gasteiger partial charge is 0.406 e. The molecule has 0 unspecified atom stereocenters. The van der Waals surface area contributed by atoms with Crippen LogP contribution in [0.5, 0.6) is 5.75 Å². The van der Waals surface area contributed by atoms with Crippen LogP contribution in [0.4, 0.5) is 18.9 Å². The van der Waals surface area contributed by atoms with Crippen LogP contribution in [0.3, 0.4) is 0 Å². The quantitative estimate of drug-likeness (QED) is 0.262. The Labute approximate surface area is 234 Å². The first-order valence-electron chi connectivity index (χ1n) is 12.6. The maximum Gasteiger partial charge on any atom is 0.573 e. The summed E-state index contributed by atoms with van der Waals surface area (Å²) >= 11 is 0. The van der Waals surface area contributed by atoms with Gasteiger partial charge in [0.1, 0.15) is 18.4 Å². The lowest BCUT2D eigenvalue weighted by atomic mass is 10.1. The molecular formula is C30H28F3N3O5. The maximum absolute atomic E-state index is 12.6. The van der Waals surface area contributed by atoms with Crippen molar-refractivity contribution >= 4 is 23.3 Å². The number of nitrogens with two attached hydrogens (primary N) is 1. The van der Waals surface area contributed by atoms with Crippen LogP contribution in [0.2, 0.25) is 0 Å². The minimum absolute atomic E-state index is 0.112. The van der Waals surface area contributed by atoms with E-state index in [2.05, 4.69) is 27.2 Å². The van der Waals surface area contributed by atoms with Crippen molar-refractivity contribution in [2.75, 3.05) is 18.5 Å². The number of aliphatic hydroxyl groups is 1. The fraction of sp³-hybridized carbons (Fsp3) is 0.233. The summed E-state index contributed by atoms with van der Waals surface area (Å²) in [6, 6.07) is 18.1. The highest BCUT2D eigenvalue weighted by Crippen LogP contribution is 2.27. The SMILES string of the molecule is NC[C@H](NC(=O)c1ccc(C#Cc2ccc(NC(=O)CCCc3ccccc3OC(F)(F)F)cc2)cc1)C(=O)CO. The molecule has 0 saturated heterocycles. The Morgan fingerprint density at radius 1 is 0.927 bits per heavy atom. The van der Waals surface area contributed by atoms with Gasteiger partial charge in [0.15, 0.2) is 5.78 Å². The summed E-state index contributed by atoms with van der Waals surface area (Å²) in [5.74, 6) is 4.33. The number of para-hydroxylation sites is 1. The van der Waals surface area contributed by atoms with Gasteiger partial charge in [0.05, 0.1) is 0 Å². The number of hydrogen-bond acceptors (Lipinski definition) is 6. The second-order valence-corrected chi connectivity index (χ2v) is 8.85. The highest BCUT2D eigenvalue weighted by molar-refractivity contribution is 5.98. The third kappa shape index (κ3) is 10.1. The summed E-state index contributed by atoms with van der Waals surface area (Å²) in [6.07, 6.45) is -4.09. The van der Waals surface area contributed by atoms with Crippen molar-refractivity contribution in [3.05, 3.63) is 95.1 Å². The van der Waals surface area contributed by atoms with Gasteiger partial charge in [-0.3, -0.25) is 14.4 Å². The monoisotopic (exact) mass is 567 g/mol. The summed E-state index contributed by atoms with van der Waals surface area (Å²) in [6.45, 7) is -0.844. The van der Waals surface area contributed by atoms with Crippen LogP contribution in [-0.2, 0) is 16.0 Å². The lowest BCUT2D eigenvalue weighted by Crippen LogP contribution is -2.46. The number of amides is 2. The molecule has 0 fully saturated rings. The van der Waals surface area contributed by atoms with Crippen molar-refractivity contribution in [1.29, 1.82) is 0 Å². The van der Waals surface area contributed by atoms with Crippen LogP contribution in [0.25, 0.3) is 0 Å². The lowest BCUT2D eigenvalue weighted by molar-refractivity contribution is -0.274. The van der Waals surface area contributed by atoms with E-state index in [0.717, 1.165) is 0 Å². The van der Waals surface area contributed by atoms with Crippen molar-refractivity contribution < 1.29 is 37.4 Å². The third-order valence-electron chi connectivity index (χ3n) is 5.80. The number of aryl methyl sites for hydroxylation is 1. The molecule has 0 saturated carbocycles. The van der Waals surface area contributed by atoms with Gasteiger partial charge >= 0.3 is 6.36 Å². The Balaban J connectivity index is 1.49. The number of nitrogens with one attached hydrogen (secondary N) is 2. The fourth-order valence-electron chi connectivity index (χ4n) is 3.71. The van der Waals surface area contributed by atoms with E-state index in [1.165, 1.54) is 18.2 Å². The Hall–Kier alpha value is -4.66. The number of halogens is 3. The summed E-state index contributed by atoms with van der Waals surface area (Å²) in [5, 5.41) is 14.2. The van der Waals surface area contributed by atoms with Crippen molar-refractivity contribution in [3.63, 3.8) is 0 Å². The zero-order valence-corrected chi connectivity index (χ0v) is 21.8. The molecule has 41 heavy (non-hydrogen) atoms. The number of rotatable bonds is 11. The molecule has 0 aromatic heterocycles. The number of carbonyl (C=O) groups is 3. The molecule has 0 bridgehead atoms. The largest absolute Gasteiger partial charge is 0.573 e. The first-order valence-corrected chi connectivity index (χ1v) is 12.6. The molecule has 0 aliphatic heterocycles.